The largest absolute Gasteiger partial charge is 0.490 e. The molecule has 0 aliphatic heterocycles. The van der Waals surface area contributed by atoms with E-state index in [1.54, 1.807) is 12.3 Å². The molecule has 2 rings (SSSR count). The summed E-state index contributed by atoms with van der Waals surface area (Å²) >= 11 is 0. The minimum Gasteiger partial charge on any atom is -0.490 e. The van der Waals surface area contributed by atoms with Gasteiger partial charge < -0.3 is 25.9 Å². The zero-order valence-electron chi connectivity index (χ0n) is 11.0. The first-order valence-electron chi connectivity index (χ1n) is 6.04. The molecule has 0 saturated carbocycles. The number of carbonyl (C=O) groups is 2. The number of hydrogen-bond donors (Lipinski definition) is 4. The predicted octanol–water partition coefficient (Wildman–Crippen LogP) is 0.894. The Balaban J connectivity index is 2.35. The van der Waals surface area contributed by atoms with E-state index in [1.807, 2.05) is 0 Å². The summed E-state index contributed by atoms with van der Waals surface area (Å²) in [5.41, 5.74) is 6.53. The number of nitrogens with one attached hydrogen (secondary N) is 2. The number of primary amides is 1. The second-order valence-electron chi connectivity index (χ2n) is 4.15. The number of ether oxygens (including phenoxy) is 1. The van der Waals surface area contributed by atoms with Crippen molar-refractivity contribution in [3.63, 3.8) is 0 Å². The second kappa shape index (κ2) is 5.88. The summed E-state index contributed by atoms with van der Waals surface area (Å²) < 4.78 is 5.48. The maximum Gasteiger partial charge on any atom is 0.404 e. The Morgan fingerprint density at radius 3 is 2.90 bits per heavy atom. The first-order valence-corrected chi connectivity index (χ1v) is 6.04. The summed E-state index contributed by atoms with van der Waals surface area (Å²) in [6.45, 7) is 0.217. The summed E-state index contributed by atoms with van der Waals surface area (Å²) in [5, 5.41) is 11.3. The van der Waals surface area contributed by atoms with Gasteiger partial charge in [0.25, 0.3) is 0 Å². The van der Waals surface area contributed by atoms with Crippen molar-refractivity contribution in [3.05, 3.63) is 29.5 Å². The van der Waals surface area contributed by atoms with E-state index in [0.717, 1.165) is 0 Å². The Morgan fingerprint density at radius 1 is 1.52 bits per heavy atom. The fourth-order valence-electron chi connectivity index (χ4n) is 1.98. The third-order valence-corrected chi connectivity index (χ3v) is 2.85. The number of H-pyrrole nitrogens is 1. The van der Waals surface area contributed by atoms with E-state index in [4.69, 9.17) is 22.0 Å². The third kappa shape index (κ3) is 2.90. The minimum atomic E-state index is -1.14. The molecular formula is C14H13N3O4. The van der Waals surface area contributed by atoms with Crippen molar-refractivity contribution in [1.82, 2.24) is 10.3 Å². The van der Waals surface area contributed by atoms with E-state index in [0.29, 0.717) is 22.2 Å². The Kier molecular flexibility index (Phi) is 4.00. The van der Waals surface area contributed by atoms with Gasteiger partial charge in [-0.15, -0.1) is 6.42 Å². The van der Waals surface area contributed by atoms with Crippen LogP contribution in [0.1, 0.15) is 15.9 Å². The van der Waals surface area contributed by atoms with E-state index in [-0.39, 0.29) is 18.7 Å². The minimum absolute atomic E-state index is 0.105. The number of aromatic amines is 1. The van der Waals surface area contributed by atoms with Crippen LogP contribution >= 0.6 is 0 Å². The summed E-state index contributed by atoms with van der Waals surface area (Å²) in [4.78, 5) is 24.8. The average Bonchev–Trinajstić information content (AvgIpc) is 2.91. The van der Waals surface area contributed by atoms with Gasteiger partial charge >= 0.3 is 6.09 Å². The van der Waals surface area contributed by atoms with Crippen LogP contribution in [0.5, 0.6) is 5.75 Å². The van der Waals surface area contributed by atoms with Gasteiger partial charge in [0.1, 0.15) is 12.4 Å². The van der Waals surface area contributed by atoms with E-state index >= 15 is 0 Å². The average molecular weight is 287 g/mol. The maximum absolute atomic E-state index is 11.5. The fourth-order valence-corrected chi connectivity index (χ4v) is 1.98. The Hall–Kier alpha value is -3.14. The van der Waals surface area contributed by atoms with Crippen LogP contribution in [0.25, 0.3) is 10.9 Å². The van der Waals surface area contributed by atoms with Crippen LogP contribution in [0.2, 0.25) is 0 Å². The molecule has 108 valence electrons. The van der Waals surface area contributed by atoms with Crippen molar-refractivity contribution in [3.8, 4) is 18.1 Å². The van der Waals surface area contributed by atoms with Gasteiger partial charge in [0.2, 0.25) is 5.91 Å². The van der Waals surface area contributed by atoms with Gasteiger partial charge in [-0.05, 0) is 12.1 Å². The van der Waals surface area contributed by atoms with E-state index in [1.165, 1.54) is 6.07 Å². The molecule has 0 atom stereocenters. The van der Waals surface area contributed by atoms with Crippen LogP contribution in [-0.4, -0.2) is 35.2 Å². The molecule has 1 aromatic heterocycles. The number of hydrogen-bond acceptors (Lipinski definition) is 3. The van der Waals surface area contributed by atoms with Crippen LogP contribution in [0.3, 0.4) is 0 Å². The van der Waals surface area contributed by atoms with Crippen LogP contribution in [0.15, 0.2) is 18.3 Å². The number of aromatic nitrogens is 1. The quantitative estimate of drug-likeness (QED) is 0.482. The SMILES string of the molecule is C#Cc1c(C(N)=O)cc(OCCNC(=O)O)c2[nH]ccc12. The molecule has 0 saturated heterocycles. The van der Waals surface area contributed by atoms with E-state index < -0.39 is 12.0 Å². The number of terminal acetylenes is 1. The van der Waals surface area contributed by atoms with Gasteiger partial charge in [-0.1, -0.05) is 5.92 Å². The molecule has 0 fully saturated rings. The highest BCUT2D eigenvalue weighted by molar-refractivity contribution is 6.04. The van der Waals surface area contributed by atoms with Gasteiger partial charge in [-0.25, -0.2) is 4.79 Å². The maximum atomic E-state index is 11.5. The highest BCUT2D eigenvalue weighted by Crippen LogP contribution is 2.30. The number of fused-ring (bicyclic) bond motifs is 1. The molecule has 0 bridgehead atoms. The highest BCUT2D eigenvalue weighted by Gasteiger charge is 2.16. The lowest BCUT2D eigenvalue weighted by Crippen LogP contribution is -2.26. The monoisotopic (exact) mass is 287 g/mol. The zero-order valence-corrected chi connectivity index (χ0v) is 11.0. The number of amides is 2. The summed E-state index contributed by atoms with van der Waals surface area (Å²) in [6, 6.07) is 3.18. The number of nitrogens with two attached hydrogens (primary N) is 1. The zero-order chi connectivity index (χ0) is 15.4. The first-order chi connectivity index (χ1) is 10.0. The van der Waals surface area contributed by atoms with Crippen LogP contribution in [-0.2, 0) is 0 Å². The van der Waals surface area contributed by atoms with Crippen molar-refractivity contribution in [1.29, 1.82) is 0 Å². The number of carboxylic acid groups (broad SMARTS) is 1. The van der Waals surface area contributed by atoms with Crippen molar-refractivity contribution >= 4 is 22.9 Å². The smallest absolute Gasteiger partial charge is 0.404 e. The summed E-state index contributed by atoms with van der Waals surface area (Å²) in [7, 11) is 0. The molecular weight excluding hydrogens is 274 g/mol. The standard InChI is InChI=1S/C14H13N3O4/c1-2-8-9-3-4-16-12(9)11(7-10(8)13(15)18)21-6-5-17-14(19)20/h1,3-4,7,16-17H,5-6H2,(H2,15,18)(H,19,20). The fraction of sp³-hybridized carbons (Fsp3) is 0.143. The number of carbonyl (C=O) groups excluding carboxylic acids is 1. The van der Waals surface area contributed by atoms with Gasteiger partial charge in [0, 0.05) is 17.1 Å². The van der Waals surface area contributed by atoms with Crippen molar-refractivity contribution < 1.29 is 19.4 Å². The van der Waals surface area contributed by atoms with Crippen molar-refractivity contribution in [2.24, 2.45) is 5.73 Å². The second-order valence-corrected chi connectivity index (χ2v) is 4.15. The summed E-state index contributed by atoms with van der Waals surface area (Å²) in [6.07, 6.45) is 5.96. The molecule has 7 nitrogen and oxygen atoms in total. The van der Waals surface area contributed by atoms with Gasteiger partial charge in [0.15, 0.2) is 0 Å². The lowest BCUT2D eigenvalue weighted by atomic mass is 10.0. The Morgan fingerprint density at radius 2 is 2.29 bits per heavy atom. The normalized spacial score (nSPS) is 10.0. The lowest BCUT2D eigenvalue weighted by molar-refractivity contribution is 0.0999. The molecule has 0 aliphatic rings. The van der Waals surface area contributed by atoms with Crippen molar-refractivity contribution in [2.45, 2.75) is 0 Å². The summed E-state index contributed by atoms with van der Waals surface area (Å²) in [5.74, 6) is 2.18. The van der Waals surface area contributed by atoms with Gasteiger partial charge in [0.05, 0.1) is 17.6 Å². The molecule has 21 heavy (non-hydrogen) atoms. The Labute approximate surface area is 120 Å². The molecule has 1 aromatic carbocycles. The molecule has 5 N–H and O–H groups in total. The number of rotatable bonds is 5. The molecule has 0 spiro atoms. The van der Waals surface area contributed by atoms with Crippen LogP contribution < -0.4 is 15.8 Å². The van der Waals surface area contributed by atoms with Crippen LogP contribution in [0, 0.1) is 12.3 Å². The molecule has 0 radical (unpaired) electrons. The number of benzene rings is 1. The first kappa shape index (κ1) is 14.3. The molecule has 2 amide bonds. The van der Waals surface area contributed by atoms with Crippen LogP contribution in [0.4, 0.5) is 4.79 Å². The molecule has 0 aliphatic carbocycles. The van der Waals surface area contributed by atoms with E-state index in [2.05, 4.69) is 16.2 Å². The molecule has 2 aromatic rings. The van der Waals surface area contributed by atoms with Gasteiger partial charge in [-0.2, -0.15) is 0 Å². The molecule has 1 heterocycles. The van der Waals surface area contributed by atoms with E-state index in [9.17, 15) is 9.59 Å². The van der Waals surface area contributed by atoms with Crippen molar-refractivity contribution in [2.75, 3.05) is 13.2 Å². The Bertz CT molecular complexity index is 742. The predicted molar refractivity (Wildman–Crippen MR) is 76.3 cm³/mol. The molecule has 7 heteroatoms. The molecule has 0 unspecified atom stereocenters. The lowest BCUT2D eigenvalue weighted by Gasteiger charge is -2.11. The topological polar surface area (TPSA) is 117 Å². The van der Waals surface area contributed by atoms with Gasteiger partial charge in [-0.3, -0.25) is 4.79 Å². The highest BCUT2D eigenvalue weighted by atomic mass is 16.5. The third-order valence-electron chi connectivity index (χ3n) is 2.85.